The highest BCUT2D eigenvalue weighted by Crippen LogP contribution is 2.12. The third-order valence-corrected chi connectivity index (χ3v) is 3.33. The number of halogens is 2. The molecular formula is C15H21F2NO3. The molecule has 0 radical (unpaired) electrons. The monoisotopic (exact) mass is 301 g/mol. The predicted octanol–water partition coefficient (Wildman–Crippen LogP) is 1.61. The number of hydrogen-bond acceptors (Lipinski definition) is 4. The van der Waals surface area contributed by atoms with E-state index in [-0.39, 0.29) is 12.7 Å². The number of nitrogens with one attached hydrogen (secondary N) is 1. The number of ether oxygens (including phenoxy) is 2. The van der Waals surface area contributed by atoms with Gasteiger partial charge in [-0.1, -0.05) is 6.07 Å². The van der Waals surface area contributed by atoms with Crippen LogP contribution in [0.1, 0.15) is 18.4 Å². The van der Waals surface area contributed by atoms with Crippen molar-refractivity contribution in [2.24, 2.45) is 0 Å². The first-order valence-electron chi connectivity index (χ1n) is 7.17. The topological polar surface area (TPSA) is 50.7 Å². The van der Waals surface area contributed by atoms with Gasteiger partial charge in [-0.25, -0.2) is 8.78 Å². The maximum absolute atomic E-state index is 13.0. The molecule has 6 heteroatoms. The molecule has 2 N–H and O–H groups in total. The minimum Gasteiger partial charge on any atom is -0.389 e. The van der Waals surface area contributed by atoms with E-state index in [1.54, 1.807) is 0 Å². The molecule has 1 aliphatic heterocycles. The summed E-state index contributed by atoms with van der Waals surface area (Å²) < 4.78 is 36.5. The number of benzene rings is 1. The molecule has 2 unspecified atom stereocenters. The molecular weight excluding hydrogens is 280 g/mol. The van der Waals surface area contributed by atoms with E-state index in [9.17, 15) is 13.9 Å². The molecule has 1 aliphatic rings. The van der Waals surface area contributed by atoms with E-state index < -0.39 is 17.7 Å². The van der Waals surface area contributed by atoms with Crippen LogP contribution in [0, 0.1) is 11.6 Å². The third kappa shape index (κ3) is 5.67. The smallest absolute Gasteiger partial charge is 0.159 e. The Labute approximate surface area is 123 Å². The lowest BCUT2D eigenvalue weighted by molar-refractivity contribution is -0.0164. The number of aliphatic hydroxyl groups is 1. The van der Waals surface area contributed by atoms with Gasteiger partial charge in [0.1, 0.15) is 0 Å². The van der Waals surface area contributed by atoms with Crippen LogP contribution < -0.4 is 5.32 Å². The summed E-state index contributed by atoms with van der Waals surface area (Å²) in [5.74, 6) is -1.73. The first-order chi connectivity index (χ1) is 10.1. The Bertz CT molecular complexity index is 439. The molecule has 21 heavy (non-hydrogen) atoms. The van der Waals surface area contributed by atoms with Crippen LogP contribution >= 0.6 is 0 Å². The van der Waals surface area contributed by atoms with Crippen molar-refractivity contribution in [3.05, 3.63) is 35.4 Å². The summed E-state index contributed by atoms with van der Waals surface area (Å²) in [7, 11) is 0. The largest absolute Gasteiger partial charge is 0.389 e. The zero-order chi connectivity index (χ0) is 15.1. The highest BCUT2D eigenvalue weighted by atomic mass is 19.2. The van der Waals surface area contributed by atoms with Gasteiger partial charge in [0.25, 0.3) is 0 Å². The van der Waals surface area contributed by atoms with Gasteiger partial charge < -0.3 is 19.9 Å². The predicted molar refractivity (Wildman–Crippen MR) is 73.9 cm³/mol. The molecule has 0 spiro atoms. The molecule has 2 atom stereocenters. The Balaban J connectivity index is 1.57. The van der Waals surface area contributed by atoms with Gasteiger partial charge >= 0.3 is 0 Å². The maximum Gasteiger partial charge on any atom is 0.159 e. The molecule has 1 aromatic rings. The maximum atomic E-state index is 13.0. The number of hydrogen-bond donors (Lipinski definition) is 2. The zero-order valence-electron chi connectivity index (χ0n) is 11.9. The van der Waals surface area contributed by atoms with Gasteiger partial charge in [0.05, 0.1) is 25.4 Å². The van der Waals surface area contributed by atoms with Gasteiger partial charge in [-0.15, -0.1) is 0 Å². The lowest BCUT2D eigenvalue weighted by Crippen LogP contribution is -2.31. The van der Waals surface area contributed by atoms with E-state index >= 15 is 0 Å². The Morgan fingerprint density at radius 3 is 2.95 bits per heavy atom. The Morgan fingerprint density at radius 1 is 1.38 bits per heavy atom. The highest BCUT2D eigenvalue weighted by Gasteiger charge is 2.16. The second-order valence-electron chi connectivity index (χ2n) is 5.21. The fraction of sp³-hybridized carbons (Fsp3) is 0.600. The molecule has 0 saturated carbocycles. The van der Waals surface area contributed by atoms with Crippen molar-refractivity contribution >= 4 is 0 Å². The quantitative estimate of drug-likeness (QED) is 0.766. The summed E-state index contributed by atoms with van der Waals surface area (Å²) in [5, 5.41) is 12.7. The van der Waals surface area contributed by atoms with Crippen molar-refractivity contribution in [2.75, 3.05) is 26.4 Å². The van der Waals surface area contributed by atoms with Gasteiger partial charge in [-0.05, 0) is 30.5 Å². The molecule has 0 bridgehead atoms. The van der Waals surface area contributed by atoms with Crippen LogP contribution in [0.3, 0.4) is 0 Å². The summed E-state index contributed by atoms with van der Waals surface area (Å²) in [6.07, 6.45) is 1.57. The molecule has 1 aromatic carbocycles. The first kappa shape index (κ1) is 16.3. The first-order valence-corrected chi connectivity index (χ1v) is 7.17. The molecule has 0 aliphatic carbocycles. The van der Waals surface area contributed by atoms with E-state index in [4.69, 9.17) is 9.47 Å². The Morgan fingerprint density at radius 2 is 2.24 bits per heavy atom. The van der Waals surface area contributed by atoms with E-state index in [1.165, 1.54) is 6.07 Å². The lowest BCUT2D eigenvalue weighted by Gasteiger charge is -2.14. The van der Waals surface area contributed by atoms with Gasteiger partial charge in [-0.2, -0.15) is 0 Å². The molecule has 1 fully saturated rings. The summed E-state index contributed by atoms with van der Waals surface area (Å²) in [5.41, 5.74) is 0.626. The summed E-state index contributed by atoms with van der Waals surface area (Å²) in [4.78, 5) is 0. The molecule has 2 rings (SSSR count). The van der Waals surface area contributed by atoms with Crippen molar-refractivity contribution in [1.82, 2.24) is 5.32 Å². The molecule has 4 nitrogen and oxygen atoms in total. The average molecular weight is 301 g/mol. The van der Waals surface area contributed by atoms with Crippen molar-refractivity contribution in [2.45, 2.75) is 31.6 Å². The van der Waals surface area contributed by atoms with E-state index in [2.05, 4.69) is 5.32 Å². The van der Waals surface area contributed by atoms with Crippen LogP contribution in [0.5, 0.6) is 0 Å². The third-order valence-electron chi connectivity index (χ3n) is 3.33. The average Bonchev–Trinajstić information content (AvgIpc) is 2.96. The van der Waals surface area contributed by atoms with Gasteiger partial charge in [0.15, 0.2) is 11.6 Å². The van der Waals surface area contributed by atoms with E-state index in [1.807, 2.05) is 0 Å². The van der Waals surface area contributed by atoms with Crippen molar-refractivity contribution in [3.63, 3.8) is 0 Å². The second-order valence-corrected chi connectivity index (χ2v) is 5.21. The van der Waals surface area contributed by atoms with Crippen LogP contribution in [-0.2, 0) is 16.0 Å². The standard InChI is InChI=1S/C15H21F2NO3/c16-14-4-3-11(6-15(14)17)7-18-8-12(19)9-20-10-13-2-1-5-21-13/h3-4,6,12-13,18-19H,1-2,5,7-10H2. The van der Waals surface area contributed by atoms with Crippen LogP contribution in [0.15, 0.2) is 18.2 Å². The van der Waals surface area contributed by atoms with E-state index in [0.29, 0.717) is 25.3 Å². The fourth-order valence-corrected chi connectivity index (χ4v) is 2.20. The van der Waals surface area contributed by atoms with Crippen molar-refractivity contribution in [3.8, 4) is 0 Å². The second kappa shape index (κ2) is 8.38. The number of rotatable bonds is 8. The summed E-state index contributed by atoms with van der Waals surface area (Å²) >= 11 is 0. The zero-order valence-corrected chi connectivity index (χ0v) is 11.9. The minimum atomic E-state index is -0.866. The Kier molecular flexibility index (Phi) is 6.50. The van der Waals surface area contributed by atoms with Gasteiger partial charge in [0, 0.05) is 19.7 Å². The molecule has 0 amide bonds. The van der Waals surface area contributed by atoms with Crippen LogP contribution in [0.2, 0.25) is 0 Å². The summed E-state index contributed by atoms with van der Waals surface area (Å²) in [6, 6.07) is 3.74. The molecule has 0 aromatic heterocycles. The molecule has 1 saturated heterocycles. The van der Waals surface area contributed by atoms with E-state index in [0.717, 1.165) is 31.6 Å². The highest BCUT2D eigenvalue weighted by molar-refractivity contribution is 5.17. The lowest BCUT2D eigenvalue weighted by atomic mass is 10.2. The molecule has 118 valence electrons. The van der Waals surface area contributed by atoms with Gasteiger partial charge in [0.2, 0.25) is 0 Å². The van der Waals surface area contributed by atoms with Crippen LogP contribution in [-0.4, -0.2) is 43.7 Å². The molecule has 1 heterocycles. The Hall–Kier alpha value is -1.08. The number of aliphatic hydroxyl groups excluding tert-OH is 1. The van der Waals surface area contributed by atoms with Gasteiger partial charge in [-0.3, -0.25) is 0 Å². The summed E-state index contributed by atoms with van der Waals surface area (Å²) in [6.45, 7) is 2.20. The fourth-order valence-electron chi connectivity index (χ4n) is 2.20. The minimum absolute atomic E-state index is 0.146. The normalized spacial score (nSPS) is 19.9. The van der Waals surface area contributed by atoms with Crippen molar-refractivity contribution < 1.29 is 23.4 Å². The van der Waals surface area contributed by atoms with Crippen LogP contribution in [0.4, 0.5) is 8.78 Å². The van der Waals surface area contributed by atoms with Crippen molar-refractivity contribution in [1.29, 1.82) is 0 Å². The SMILES string of the molecule is OC(CNCc1ccc(F)c(F)c1)COCC1CCCO1. The van der Waals surface area contributed by atoms with Crippen LogP contribution in [0.25, 0.3) is 0 Å².